The lowest BCUT2D eigenvalue weighted by molar-refractivity contribution is 0.228. The van der Waals surface area contributed by atoms with E-state index >= 15 is 0 Å². The second-order valence-corrected chi connectivity index (χ2v) is 11.7. The van der Waals surface area contributed by atoms with Crippen molar-refractivity contribution < 1.29 is 23.7 Å². The molecule has 8 heteroatoms. The van der Waals surface area contributed by atoms with Crippen molar-refractivity contribution in [1.29, 1.82) is 5.26 Å². The molecule has 0 N–H and O–H groups in total. The largest absolute Gasteiger partial charge is 0.493 e. The van der Waals surface area contributed by atoms with E-state index in [2.05, 4.69) is 48.2 Å². The Balaban J connectivity index is 1.38. The highest BCUT2D eigenvalue weighted by Crippen LogP contribution is 2.48. The normalized spacial score (nSPS) is 16.2. The molecule has 0 unspecified atom stereocenters. The van der Waals surface area contributed by atoms with Crippen LogP contribution in [0.1, 0.15) is 39.4 Å². The predicted octanol–water partition coefficient (Wildman–Crippen LogP) is 6.93. The van der Waals surface area contributed by atoms with Gasteiger partial charge in [-0.2, -0.15) is 5.26 Å². The topological polar surface area (TPSA) is 76.4 Å². The highest BCUT2D eigenvalue weighted by atomic mass is 16.5. The number of hydrogen-bond acceptors (Lipinski definition) is 8. The predicted molar refractivity (Wildman–Crippen MR) is 173 cm³/mol. The summed E-state index contributed by atoms with van der Waals surface area (Å²) in [7, 11) is 9.25. The van der Waals surface area contributed by atoms with E-state index in [4.69, 9.17) is 23.7 Å². The Morgan fingerprint density at radius 3 is 2.24 bits per heavy atom. The Hall–Kier alpha value is -4.71. The molecule has 0 saturated carbocycles. The summed E-state index contributed by atoms with van der Waals surface area (Å²) >= 11 is 0. The first-order valence-corrected chi connectivity index (χ1v) is 15.2. The van der Waals surface area contributed by atoms with Crippen LogP contribution in [0.15, 0.2) is 66.7 Å². The van der Waals surface area contributed by atoms with Gasteiger partial charge in [-0.05, 0) is 98.1 Å². The lowest BCUT2D eigenvalue weighted by Gasteiger charge is -2.35. The van der Waals surface area contributed by atoms with Crippen LogP contribution < -0.4 is 23.7 Å². The van der Waals surface area contributed by atoms with Crippen molar-refractivity contribution in [1.82, 2.24) is 9.80 Å². The highest BCUT2D eigenvalue weighted by Gasteiger charge is 2.30. The van der Waals surface area contributed by atoms with E-state index in [1.54, 1.807) is 21.3 Å². The summed E-state index contributed by atoms with van der Waals surface area (Å²) < 4.78 is 30.4. The molecule has 45 heavy (non-hydrogen) atoms. The Bertz CT molecular complexity index is 1730. The minimum Gasteiger partial charge on any atom is -0.493 e. The number of rotatable bonds is 9. The molecule has 0 aliphatic carbocycles. The molecule has 2 aliphatic heterocycles. The summed E-state index contributed by atoms with van der Waals surface area (Å²) in [5.41, 5.74) is 6.29. The molecule has 4 aromatic rings. The van der Waals surface area contributed by atoms with Crippen molar-refractivity contribution in [2.45, 2.75) is 31.8 Å². The fraction of sp³-hybridized carbons (Fsp3) is 0.324. The van der Waals surface area contributed by atoms with Crippen LogP contribution in [0.4, 0.5) is 0 Å². The van der Waals surface area contributed by atoms with E-state index in [9.17, 15) is 5.26 Å². The third-order valence-corrected chi connectivity index (χ3v) is 8.84. The minimum atomic E-state index is 0.0757. The summed E-state index contributed by atoms with van der Waals surface area (Å²) in [5.74, 6) is 4.44. The molecule has 0 fully saturated rings. The number of likely N-dealkylation sites (N-methyl/N-ethyl adjacent to an activating group) is 2. The lowest BCUT2D eigenvalue weighted by atomic mass is 9.88. The number of fused-ring (bicyclic) bond motifs is 2. The van der Waals surface area contributed by atoms with Crippen LogP contribution in [0.3, 0.4) is 0 Å². The van der Waals surface area contributed by atoms with Gasteiger partial charge in [0.1, 0.15) is 17.6 Å². The van der Waals surface area contributed by atoms with Crippen LogP contribution in [0, 0.1) is 11.3 Å². The van der Waals surface area contributed by atoms with Gasteiger partial charge >= 0.3 is 0 Å². The summed E-state index contributed by atoms with van der Waals surface area (Å²) in [5, 5.41) is 9.76. The smallest absolute Gasteiger partial charge is 0.204 e. The summed E-state index contributed by atoms with van der Waals surface area (Å²) in [6.07, 6.45) is 2.53. The van der Waals surface area contributed by atoms with Gasteiger partial charge in [-0.15, -0.1) is 0 Å². The van der Waals surface area contributed by atoms with Gasteiger partial charge in [0.15, 0.2) is 23.0 Å². The SMILES string of the molecule is COc1cc2c(cc1Oc1c3c(cc(OC)c1OC)CCN(C)C3)[C@@H](Cc1ccc(C#N)c(Oc3ccccc3)c1)N(C)CC2. The number of hydrogen-bond donors (Lipinski definition) is 0. The first-order valence-electron chi connectivity index (χ1n) is 15.2. The summed E-state index contributed by atoms with van der Waals surface area (Å²) in [4.78, 5) is 4.65. The minimum absolute atomic E-state index is 0.0757. The maximum atomic E-state index is 9.76. The molecule has 1 atom stereocenters. The quantitative estimate of drug-likeness (QED) is 0.203. The van der Waals surface area contributed by atoms with Crippen LogP contribution in [0.5, 0.6) is 40.2 Å². The number of benzene rings is 4. The highest BCUT2D eigenvalue weighted by molar-refractivity contribution is 5.62. The van der Waals surface area contributed by atoms with E-state index in [-0.39, 0.29) is 6.04 Å². The molecule has 0 bridgehead atoms. The molecule has 6 rings (SSSR count). The van der Waals surface area contributed by atoms with E-state index in [0.29, 0.717) is 45.8 Å². The van der Waals surface area contributed by atoms with Crippen molar-refractivity contribution >= 4 is 0 Å². The van der Waals surface area contributed by atoms with E-state index in [1.807, 2.05) is 48.5 Å². The van der Waals surface area contributed by atoms with Gasteiger partial charge in [0.25, 0.3) is 0 Å². The molecule has 232 valence electrons. The third kappa shape index (κ3) is 6.15. The Kier molecular flexibility index (Phi) is 8.83. The number of methoxy groups -OCH3 is 3. The second kappa shape index (κ2) is 13.1. The second-order valence-electron chi connectivity index (χ2n) is 11.7. The van der Waals surface area contributed by atoms with Gasteiger partial charge in [-0.25, -0.2) is 0 Å². The summed E-state index contributed by atoms with van der Waals surface area (Å²) in [6, 6.07) is 24.0. The molecule has 0 aromatic heterocycles. The lowest BCUT2D eigenvalue weighted by Crippen LogP contribution is -2.33. The zero-order valence-corrected chi connectivity index (χ0v) is 26.6. The first-order chi connectivity index (χ1) is 21.9. The van der Waals surface area contributed by atoms with Crippen molar-refractivity contribution in [3.8, 4) is 46.3 Å². The third-order valence-electron chi connectivity index (χ3n) is 8.84. The van der Waals surface area contributed by atoms with Crippen LogP contribution in [0.25, 0.3) is 0 Å². The average molecular weight is 606 g/mol. The van der Waals surface area contributed by atoms with Gasteiger partial charge in [-0.3, -0.25) is 4.90 Å². The number of nitrogens with zero attached hydrogens (tertiary/aromatic N) is 3. The van der Waals surface area contributed by atoms with Crippen LogP contribution in [0.2, 0.25) is 0 Å². The average Bonchev–Trinajstić information content (AvgIpc) is 3.06. The first kappa shape index (κ1) is 30.3. The molecule has 2 heterocycles. The Morgan fingerprint density at radius 1 is 0.756 bits per heavy atom. The fourth-order valence-electron chi connectivity index (χ4n) is 6.37. The molecular formula is C37H39N3O5. The molecule has 0 radical (unpaired) electrons. The van der Waals surface area contributed by atoms with Crippen molar-refractivity contribution in [3.05, 3.63) is 100 Å². The molecular weight excluding hydrogens is 566 g/mol. The number of nitriles is 1. The molecule has 0 amide bonds. The van der Waals surface area contributed by atoms with Gasteiger partial charge in [-0.1, -0.05) is 24.3 Å². The van der Waals surface area contributed by atoms with Crippen LogP contribution in [-0.2, 0) is 25.8 Å². The van der Waals surface area contributed by atoms with Gasteiger partial charge < -0.3 is 28.6 Å². The van der Waals surface area contributed by atoms with Crippen LogP contribution in [-0.4, -0.2) is 58.3 Å². The zero-order chi connectivity index (χ0) is 31.5. The maximum Gasteiger partial charge on any atom is 0.204 e. The number of ether oxygens (including phenoxy) is 5. The molecule has 2 aliphatic rings. The monoisotopic (exact) mass is 605 g/mol. The number of para-hydroxylation sites is 1. The zero-order valence-electron chi connectivity index (χ0n) is 26.6. The fourth-order valence-corrected chi connectivity index (χ4v) is 6.37. The van der Waals surface area contributed by atoms with Crippen molar-refractivity contribution in [2.75, 3.05) is 48.5 Å². The van der Waals surface area contributed by atoms with Crippen molar-refractivity contribution in [3.63, 3.8) is 0 Å². The maximum absolute atomic E-state index is 9.76. The molecule has 0 saturated heterocycles. The van der Waals surface area contributed by atoms with E-state index < -0.39 is 0 Å². The van der Waals surface area contributed by atoms with Gasteiger partial charge in [0, 0.05) is 31.2 Å². The Morgan fingerprint density at radius 2 is 1.51 bits per heavy atom. The van der Waals surface area contributed by atoms with E-state index in [1.165, 1.54) is 16.7 Å². The Labute approximate surface area is 265 Å². The van der Waals surface area contributed by atoms with E-state index in [0.717, 1.165) is 50.0 Å². The van der Waals surface area contributed by atoms with Crippen molar-refractivity contribution in [2.24, 2.45) is 0 Å². The van der Waals surface area contributed by atoms with Gasteiger partial charge in [0.2, 0.25) is 5.75 Å². The molecule has 0 spiro atoms. The standard InChI is InChI=1S/C37H39N3O5/c1-39-15-13-26-20-35(42-4)37(43-5)36(30(26)23-39)45-34-21-29-25(19-33(34)41-3)14-16-40(2)31(29)17-24-11-12-27(22-38)32(18-24)44-28-9-7-6-8-10-28/h6-12,18-21,31H,13-17,23H2,1-5H3/t31-/m1/s1. The summed E-state index contributed by atoms with van der Waals surface area (Å²) in [6.45, 7) is 2.62. The molecule has 4 aromatic carbocycles. The van der Waals surface area contributed by atoms with Gasteiger partial charge in [0.05, 0.1) is 26.9 Å². The van der Waals surface area contributed by atoms with Crippen LogP contribution >= 0.6 is 0 Å². The molecule has 8 nitrogen and oxygen atoms in total.